The highest BCUT2D eigenvalue weighted by atomic mass is 16.2. The SMILES string of the molecule is O=C(NC1CCN(C(=O)/C=C\c2ccccc2)CC1)c1ccc[nH]1. The molecule has 1 fully saturated rings. The zero-order valence-corrected chi connectivity index (χ0v) is 13.4. The lowest BCUT2D eigenvalue weighted by molar-refractivity contribution is -0.126. The zero-order valence-electron chi connectivity index (χ0n) is 13.4. The number of amides is 2. The number of carbonyl (C=O) groups excluding carboxylic acids is 2. The van der Waals surface area contributed by atoms with Gasteiger partial charge in [0.25, 0.3) is 5.91 Å². The van der Waals surface area contributed by atoms with Gasteiger partial charge >= 0.3 is 0 Å². The summed E-state index contributed by atoms with van der Waals surface area (Å²) < 4.78 is 0. The number of nitrogens with zero attached hydrogens (tertiary/aromatic N) is 1. The maximum atomic E-state index is 12.2. The van der Waals surface area contributed by atoms with Crippen LogP contribution in [0.25, 0.3) is 6.08 Å². The van der Waals surface area contributed by atoms with Crippen LogP contribution < -0.4 is 5.32 Å². The first kappa shape index (κ1) is 16.1. The summed E-state index contributed by atoms with van der Waals surface area (Å²) in [4.78, 5) is 29.0. The number of rotatable bonds is 4. The van der Waals surface area contributed by atoms with E-state index in [9.17, 15) is 9.59 Å². The molecule has 24 heavy (non-hydrogen) atoms. The lowest BCUT2D eigenvalue weighted by Crippen LogP contribution is -2.46. The first-order valence-corrected chi connectivity index (χ1v) is 8.18. The minimum Gasteiger partial charge on any atom is -0.357 e. The van der Waals surface area contributed by atoms with Gasteiger partial charge in [-0.3, -0.25) is 9.59 Å². The van der Waals surface area contributed by atoms with Crippen LogP contribution in [-0.2, 0) is 4.79 Å². The molecule has 124 valence electrons. The van der Waals surface area contributed by atoms with Gasteiger partial charge in [0, 0.05) is 31.4 Å². The van der Waals surface area contributed by atoms with Crippen molar-refractivity contribution in [3.8, 4) is 0 Å². The van der Waals surface area contributed by atoms with Crippen LogP contribution >= 0.6 is 0 Å². The number of likely N-dealkylation sites (tertiary alicyclic amines) is 1. The predicted octanol–water partition coefficient (Wildman–Crippen LogP) is 2.45. The first-order chi connectivity index (χ1) is 11.7. The van der Waals surface area contributed by atoms with Crippen LogP contribution in [0, 0.1) is 0 Å². The number of benzene rings is 1. The van der Waals surface area contributed by atoms with Crippen LogP contribution in [0.4, 0.5) is 0 Å². The Balaban J connectivity index is 1.47. The van der Waals surface area contributed by atoms with Gasteiger partial charge in [-0.05, 0) is 36.6 Å². The van der Waals surface area contributed by atoms with Crippen molar-refractivity contribution >= 4 is 17.9 Å². The van der Waals surface area contributed by atoms with Crippen molar-refractivity contribution in [3.63, 3.8) is 0 Å². The summed E-state index contributed by atoms with van der Waals surface area (Å²) in [6.45, 7) is 1.32. The van der Waals surface area contributed by atoms with E-state index in [2.05, 4.69) is 10.3 Å². The average Bonchev–Trinajstić information content (AvgIpc) is 3.16. The number of nitrogens with one attached hydrogen (secondary N) is 2. The minimum atomic E-state index is -0.0891. The molecule has 2 heterocycles. The molecule has 1 saturated heterocycles. The summed E-state index contributed by atoms with van der Waals surface area (Å²) in [5, 5.41) is 3.01. The second-order valence-corrected chi connectivity index (χ2v) is 5.90. The highest BCUT2D eigenvalue weighted by Crippen LogP contribution is 2.12. The Morgan fingerprint density at radius 3 is 2.50 bits per heavy atom. The van der Waals surface area contributed by atoms with Crippen molar-refractivity contribution in [1.82, 2.24) is 15.2 Å². The fraction of sp³-hybridized carbons (Fsp3) is 0.263. The van der Waals surface area contributed by atoms with E-state index in [0.717, 1.165) is 18.4 Å². The zero-order chi connectivity index (χ0) is 16.8. The Morgan fingerprint density at radius 1 is 1.08 bits per heavy atom. The van der Waals surface area contributed by atoms with Gasteiger partial charge in [-0.2, -0.15) is 0 Å². The standard InChI is InChI=1S/C19H21N3O2/c23-18(9-8-15-5-2-1-3-6-15)22-13-10-16(11-14-22)21-19(24)17-7-4-12-20-17/h1-9,12,16,20H,10-11,13-14H2,(H,21,24)/b9-8-. The number of hydrogen-bond donors (Lipinski definition) is 2. The van der Waals surface area contributed by atoms with Gasteiger partial charge in [0.1, 0.15) is 5.69 Å². The lowest BCUT2D eigenvalue weighted by Gasteiger charge is -2.31. The third-order valence-electron chi connectivity index (χ3n) is 4.20. The molecule has 2 amide bonds. The molecule has 1 aromatic carbocycles. The number of piperidine rings is 1. The van der Waals surface area contributed by atoms with Gasteiger partial charge in [0.05, 0.1) is 0 Å². The molecule has 0 unspecified atom stereocenters. The van der Waals surface area contributed by atoms with Crippen LogP contribution in [0.2, 0.25) is 0 Å². The molecule has 2 N–H and O–H groups in total. The lowest BCUT2D eigenvalue weighted by atomic mass is 10.0. The molecule has 5 nitrogen and oxygen atoms in total. The van der Waals surface area contributed by atoms with Gasteiger partial charge in [0.2, 0.25) is 5.91 Å². The largest absolute Gasteiger partial charge is 0.357 e. The fourth-order valence-corrected chi connectivity index (χ4v) is 2.82. The second-order valence-electron chi connectivity index (χ2n) is 5.90. The Morgan fingerprint density at radius 2 is 1.83 bits per heavy atom. The molecule has 0 spiro atoms. The maximum Gasteiger partial charge on any atom is 0.267 e. The monoisotopic (exact) mass is 323 g/mol. The van der Waals surface area contributed by atoms with Gasteiger partial charge in [0.15, 0.2) is 0 Å². The van der Waals surface area contributed by atoms with E-state index in [-0.39, 0.29) is 17.9 Å². The molecular weight excluding hydrogens is 302 g/mol. The molecule has 0 atom stereocenters. The molecule has 1 aliphatic rings. The van der Waals surface area contributed by atoms with Gasteiger partial charge in [-0.1, -0.05) is 30.3 Å². The van der Waals surface area contributed by atoms with E-state index in [0.29, 0.717) is 18.8 Å². The molecule has 0 saturated carbocycles. The summed E-state index contributed by atoms with van der Waals surface area (Å²) in [6.07, 6.45) is 6.73. The number of aromatic nitrogens is 1. The fourth-order valence-electron chi connectivity index (χ4n) is 2.82. The number of aromatic amines is 1. The topological polar surface area (TPSA) is 65.2 Å². The van der Waals surface area contributed by atoms with E-state index >= 15 is 0 Å². The van der Waals surface area contributed by atoms with Crippen molar-refractivity contribution in [3.05, 3.63) is 66.0 Å². The van der Waals surface area contributed by atoms with Crippen LogP contribution in [0.5, 0.6) is 0 Å². The third-order valence-corrected chi connectivity index (χ3v) is 4.20. The normalized spacial score (nSPS) is 15.6. The van der Waals surface area contributed by atoms with Crippen molar-refractivity contribution in [2.75, 3.05) is 13.1 Å². The number of hydrogen-bond acceptors (Lipinski definition) is 2. The van der Waals surface area contributed by atoms with E-state index in [1.54, 1.807) is 24.4 Å². The molecule has 1 aliphatic heterocycles. The van der Waals surface area contributed by atoms with Crippen molar-refractivity contribution in [2.24, 2.45) is 0 Å². The number of H-pyrrole nitrogens is 1. The molecule has 0 radical (unpaired) electrons. The molecule has 0 aliphatic carbocycles. The smallest absolute Gasteiger partial charge is 0.267 e. The van der Waals surface area contributed by atoms with Crippen LogP contribution in [0.1, 0.15) is 28.9 Å². The van der Waals surface area contributed by atoms with Gasteiger partial charge in [-0.25, -0.2) is 0 Å². The molecule has 0 bridgehead atoms. The van der Waals surface area contributed by atoms with Gasteiger partial charge < -0.3 is 15.2 Å². The highest BCUT2D eigenvalue weighted by molar-refractivity contribution is 5.93. The summed E-state index contributed by atoms with van der Waals surface area (Å²) in [6, 6.07) is 13.4. The van der Waals surface area contributed by atoms with Gasteiger partial charge in [-0.15, -0.1) is 0 Å². The summed E-state index contributed by atoms with van der Waals surface area (Å²) in [7, 11) is 0. The Kier molecular flexibility index (Phi) is 5.11. The van der Waals surface area contributed by atoms with E-state index in [4.69, 9.17) is 0 Å². The summed E-state index contributed by atoms with van der Waals surface area (Å²) in [5.74, 6) is -0.0678. The highest BCUT2D eigenvalue weighted by Gasteiger charge is 2.23. The van der Waals surface area contributed by atoms with E-state index < -0.39 is 0 Å². The Hall–Kier alpha value is -2.82. The molecule has 1 aromatic heterocycles. The first-order valence-electron chi connectivity index (χ1n) is 8.18. The molecule has 5 heteroatoms. The van der Waals surface area contributed by atoms with Crippen molar-refractivity contribution < 1.29 is 9.59 Å². The predicted molar refractivity (Wildman–Crippen MR) is 93.3 cm³/mol. The molecule has 2 aromatic rings. The summed E-state index contributed by atoms with van der Waals surface area (Å²) >= 11 is 0. The second kappa shape index (κ2) is 7.64. The van der Waals surface area contributed by atoms with Crippen LogP contribution in [0.3, 0.4) is 0 Å². The van der Waals surface area contributed by atoms with Crippen molar-refractivity contribution in [1.29, 1.82) is 0 Å². The minimum absolute atomic E-state index is 0.0213. The Bertz CT molecular complexity index is 699. The summed E-state index contributed by atoms with van der Waals surface area (Å²) in [5.41, 5.74) is 1.58. The molecular formula is C19H21N3O2. The van der Waals surface area contributed by atoms with Crippen molar-refractivity contribution in [2.45, 2.75) is 18.9 Å². The quantitative estimate of drug-likeness (QED) is 0.849. The molecule has 3 rings (SSSR count). The van der Waals surface area contributed by atoms with E-state index in [1.807, 2.05) is 41.3 Å². The van der Waals surface area contributed by atoms with Crippen LogP contribution in [0.15, 0.2) is 54.7 Å². The van der Waals surface area contributed by atoms with Crippen LogP contribution in [-0.4, -0.2) is 40.8 Å². The Labute approximate surface area is 141 Å². The third kappa shape index (κ3) is 4.13. The number of carbonyl (C=O) groups is 2. The maximum absolute atomic E-state index is 12.2. The van der Waals surface area contributed by atoms with E-state index in [1.165, 1.54) is 0 Å². The average molecular weight is 323 g/mol.